The number of carbonyl (C=O) groups is 1. The third-order valence-corrected chi connectivity index (χ3v) is 50.3. The number of alkyl halides is 3. The number of H-pyrrole nitrogens is 1. The van der Waals surface area contributed by atoms with Gasteiger partial charge in [-0.15, -0.1) is 0 Å². The zero-order chi connectivity index (χ0) is 101. The standard InChI is InChI=1S/C24H42N5O7Si2.C23H42F3N6O7SSi2.C22H43N6O5Si2.C10H16N6O4/c1-12(2)37(13(3)4)36-38(14(5)6,15(7)8)33-10-17-19(31)20(34-16(9)30)23(35-17)29-11-26-18-21(29)27-24(25)28-22(18)32;1-11(2)41(12(3)4)39-42(13(5)6,14(7)8)36-9-15-17(33)18(38-40(34,35)23(24,25)26)21(37-15)32-10-29-16-19(27)30-22(28)31-20(16)32;1-11(2)34(12(3)4)33-35(13(5)6,14(7)8)31-9-15-17(29)18(30)21(32-15)28-10-25-16-19(23)26-22(24)27-20(16)28;11-7-4-8(15-10(12)14-7)16(2-13-4)9-6(19)5(18)3(1-17)20-9/h11-15,17,19-20,23,31H,10H2,1-9H3,(H3,25,27,28,32);10-15,17-19,21,33H,9,27H2,1-8H3,(H3,28,30,31);10-15,17-19,21,29-30H,9,23H2,1-8H3,(H3,24,26,27);2-3,5-7,9,17-19H,1,11H2,(H3,12,14,15)/t17-,19?,20-,23-;2*15-,17?,18+,19?,21-;3-,5?,6+,7?,9-/m1111/s1. The van der Waals surface area contributed by atoms with Crippen molar-refractivity contribution in [1.29, 1.82) is 0 Å². The lowest BCUT2D eigenvalue weighted by atomic mass is 10.1. The Morgan fingerprint density at radius 3 is 1.07 bits per heavy atom. The van der Waals surface area contributed by atoms with Gasteiger partial charge in [0.2, 0.25) is 33.1 Å². The van der Waals surface area contributed by atoms with Crippen molar-refractivity contribution in [2.45, 2.75) is 362 Å². The van der Waals surface area contributed by atoms with Gasteiger partial charge in [0.05, 0.1) is 51.7 Å². The fraction of sp³-hybridized carbons (Fsp3) is 0.772. The minimum atomic E-state index is -6.13. The van der Waals surface area contributed by atoms with Crippen molar-refractivity contribution >= 4 is 121 Å². The van der Waals surface area contributed by atoms with Gasteiger partial charge in [0.15, 0.2) is 66.2 Å². The number of rotatable bonds is 35. The number of nitrogens with one attached hydrogen (secondary N) is 4. The normalized spacial score (nSPS) is 26.8. The number of nitrogen functional groups attached to an aromatic ring is 1. The van der Waals surface area contributed by atoms with Gasteiger partial charge >= 0.3 is 47.3 Å². The molecule has 12 heterocycles. The number of aliphatic hydroxyl groups excluding tert-OH is 7. The van der Waals surface area contributed by atoms with E-state index in [1.165, 1.54) is 39.6 Å². The second kappa shape index (κ2) is 45.5. The lowest BCUT2D eigenvalue weighted by Crippen LogP contribution is -2.54. The van der Waals surface area contributed by atoms with Crippen molar-refractivity contribution in [3.8, 4) is 0 Å². The molecule has 0 amide bonds. The first kappa shape index (κ1) is 112. The largest absolute Gasteiger partial charge is 0.523 e. The molecule has 25 N–H and O–H groups in total. The van der Waals surface area contributed by atoms with E-state index in [0.29, 0.717) is 45.2 Å². The lowest BCUT2D eigenvalue weighted by Gasteiger charge is -2.42. The van der Waals surface area contributed by atoms with Crippen molar-refractivity contribution in [3.63, 3.8) is 0 Å². The van der Waals surface area contributed by atoms with Crippen LogP contribution >= 0.6 is 0 Å². The Labute approximate surface area is 792 Å². The van der Waals surface area contributed by atoms with Gasteiger partial charge < -0.3 is 141 Å². The molecule has 4 fully saturated rings. The van der Waals surface area contributed by atoms with Crippen LogP contribution in [-0.2, 0) is 68.4 Å². The topological polar surface area (TPSA) is 676 Å². The average Bonchev–Trinajstić information content (AvgIpc) is 1.59. The maximum Gasteiger partial charge on any atom is 0.523 e. The summed E-state index contributed by atoms with van der Waals surface area (Å²) in [4.78, 5) is 59.4. The number of esters is 1. The van der Waals surface area contributed by atoms with Crippen LogP contribution in [0.15, 0.2) is 45.1 Å². The molecular formula is C79H143F3N23O23SSi6. The van der Waals surface area contributed by atoms with Crippen LogP contribution in [0.5, 0.6) is 0 Å². The van der Waals surface area contributed by atoms with Crippen molar-refractivity contribution in [2.24, 2.45) is 49.4 Å². The van der Waals surface area contributed by atoms with E-state index >= 15 is 0 Å². The Bertz CT molecular complexity index is 4990. The van der Waals surface area contributed by atoms with E-state index < -0.39 is 203 Å². The first-order chi connectivity index (χ1) is 62.7. The van der Waals surface area contributed by atoms with E-state index in [9.17, 15) is 61.8 Å². The molecule has 7 aliphatic rings. The van der Waals surface area contributed by atoms with Crippen molar-refractivity contribution in [1.82, 2.24) is 48.2 Å². The number of halogens is 3. The number of aromatic nitrogens is 10. The van der Waals surface area contributed by atoms with Gasteiger partial charge in [-0.05, 0) is 66.5 Å². The van der Waals surface area contributed by atoms with Crippen LogP contribution < -0.4 is 61.6 Å². The monoisotopic (exact) mass is 2040 g/mol. The fourth-order valence-corrected chi connectivity index (χ4v) is 46.0. The Hall–Kier alpha value is -6.74. The minimum Gasteiger partial charge on any atom is -0.455 e. The number of nitrogens with zero attached hydrogens (tertiary/aromatic N) is 12. The molecule has 0 bridgehead atoms. The zero-order valence-electron chi connectivity index (χ0n) is 81.1. The number of aromatic amines is 1. The van der Waals surface area contributed by atoms with E-state index in [4.69, 9.17) is 94.5 Å². The second-order valence-electron chi connectivity index (χ2n) is 38.1. The Morgan fingerprint density at radius 2 is 0.763 bits per heavy atom. The highest BCUT2D eigenvalue weighted by atomic mass is 32.2. The molecule has 763 valence electrons. The molecule has 3 radical (unpaired) electrons. The second-order valence-corrected chi connectivity index (χ2v) is 63.6. The Kier molecular flexibility index (Phi) is 37.7. The van der Waals surface area contributed by atoms with Crippen molar-refractivity contribution in [3.05, 3.63) is 52.7 Å². The number of ether oxygens (including phenoxy) is 5. The number of carbonyl (C=O) groups excluding carboxylic acids is 1. The highest BCUT2D eigenvalue weighted by Gasteiger charge is 2.59. The molecule has 4 saturated heterocycles. The Morgan fingerprint density at radius 1 is 0.467 bits per heavy atom. The summed E-state index contributed by atoms with van der Waals surface area (Å²) in [6.45, 7) is 51.7. The summed E-state index contributed by atoms with van der Waals surface area (Å²) < 4.78 is 144. The number of fused-ring (bicyclic) bond motifs is 4. The first-order valence-corrected chi connectivity index (χ1v) is 57.3. The lowest BCUT2D eigenvalue weighted by molar-refractivity contribution is -0.155. The molecular weight excluding hydrogens is 1900 g/mol. The first-order valence-electron chi connectivity index (χ1n) is 45.3. The Balaban J connectivity index is 0.000000207. The maximum atomic E-state index is 13.3. The van der Waals surface area contributed by atoms with Gasteiger partial charge in [-0.25, -0.2) is 34.9 Å². The van der Waals surface area contributed by atoms with Gasteiger partial charge in [-0.2, -0.15) is 26.6 Å². The number of guanidine groups is 3. The van der Waals surface area contributed by atoms with E-state index in [2.05, 4.69) is 203 Å². The molecule has 135 heavy (non-hydrogen) atoms. The van der Waals surface area contributed by atoms with Gasteiger partial charge in [0.25, 0.3) is 5.56 Å². The molecule has 19 atom stereocenters. The van der Waals surface area contributed by atoms with Gasteiger partial charge in [0, 0.05) is 6.92 Å². The number of imidazole rings is 4. The smallest absolute Gasteiger partial charge is 0.455 e. The highest BCUT2D eigenvalue weighted by Crippen LogP contribution is 2.48. The quantitative estimate of drug-likeness (QED) is 0.0100. The molecule has 12 rings (SSSR count). The van der Waals surface area contributed by atoms with Crippen LogP contribution in [0.25, 0.3) is 11.2 Å². The van der Waals surface area contributed by atoms with Crippen molar-refractivity contribution in [2.75, 3.05) is 48.1 Å². The molecule has 7 unspecified atom stereocenters. The summed E-state index contributed by atoms with van der Waals surface area (Å²) in [6, 6.07) is 0. The maximum absolute atomic E-state index is 13.3. The van der Waals surface area contributed by atoms with Gasteiger partial charge in [-0.1, -0.05) is 166 Å². The van der Waals surface area contributed by atoms with E-state index in [0.717, 1.165) is 6.33 Å². The summed E-state index contributed by atoms with van der Waals surface area (Å²) in [5.74, 6) is 0.514. The molecule has 5 aromatic heterocycles. The van der Waals surface area contributed by atoms with E-state index in [1.807, 2.05) is 27.7 Å². The molecule has 0 aliphatic carbocycles. The number of anilines is 4. The van der Waals surface area contributed by atoms with Gasteiger partial charge in [0.1, 0.15) is 114 Å². The summed E-state index contributed by atoms with van der Waals surface area (Å²) in [6.07, 6.45) is -16.0. The summed E-state index contributed by atoms with van der Waals surface area (Å²) in [7, 11) is -18.3. The summed E-state index contributed by atoms with van der Waals surface area (Å²) in [5, 5.41) is 81.4. The predicted molar refractivity (Wildman–Crippen MR) is 507 cm³/mol. The minimum absolute atomic E-state index is 0.0318. The van der Waals surface area contributed by atoms with Crippen LogP contribution in [0.4, 0.5) is 36.6 Å². The number of hydrogen-bond acceptors (Lipinski definition) is 41. The number of aliphatic hydroxyl groups is 7. The number of nitrogens with two attached hydrogens (primary N) is 7. The molecule has 0 aromatic carbocycles. The third-order valence-electron chi connectivity index (χ3n) is 24.2. The molecule has 0 saturated carbocycles. The van der Waals surface area contributed by atoms with E-state index in [-0.39, 0.29) is 111 Å². The zero-order valence-corrected chi connectivity index (χ0v) is 88.0. The van der Waals surface area contributed by atoms with Crippen LogP contribution in [0.3, 0.4) is 0 Å². The molecule has 46 nitrogen and oxygen atoms in total. The highest BCUT2D eigenvalue weighted by molar-refractivity contribution is 7.87. The van der Waals surface area contributed by atoms with E-state index in [1.54, 1.807) is 4.57 Å². The molecule has 0 spiro atoms. The van der Waals surface area contributed by atoms with Crippen molar-refractivity contribution < 1.29 is 116 Å². The molecule has 56 heteroatoms. The van der Waals surface area contributed by atoms with Crippen LogP contribution in [0, 0.1) is 0 Å². The molecule has 5 aromatic rings. The number of aliphatic imine (C=N–C) groups is 3. The molecule has 7 aliphatic heterocycles. The average molecular weight is 2040 g/mol. The van der Waals surface area contributed by atoms with Crippen LogP contribution in [0.2, 0.25) is 66.5 Å². The van der Waals surface area contributed by atoms with Crippen LogP contribution in [-0.4, -0.2) is 274 Å². The summed E-state index contributed by atoms with van der Waals surface area (Å²) in [5.41, 5.74) is 38.6. The van der Waals surface area contributed by atoms with Gasteiger partial charge in [-0.3, -0.25) is 37.0 Å². The predicted octanol–water partition coefficient (Wildman–Crippen LogP) is 5.68. The van der Waals surface area contributed by atoms with Crippen LogP contribution in [0.1, 0.15) is 234 Å². The third kappa shape index (κ3) is 24.4. The SMILES string of the molecule is CC(=O)O[C@@H]1C(O)[C@@H](CO[Si](O[Si](C(C)C)C(C)C)(C(C)C)C(C)C)O[C@H]1n1cnc2c(=O)[nH]c(N)nc21.CC(C)[Si](O[Si](OC[C@H]1O[C@@H](n2cnc3c2NC(N)=NC3N)[C@@H](O)C1O)(C(C)C)C(C)C)C(C)C.CC(C)[Si](O[Si](OC[C@H]1O[C@@H](n2cnc3c2NC(N)=NC3N)[C@@H](OS(=O)(=O)C(F)(F)F)C1O)(C(C)C)C(C)C)C(C)C.NC1=NC(N)c2ncn([C@@H]3O[C@H](CO)C(O)[C@@H]3O)c2N1. The fourth-order valence-electron chi connectivity index (χ4n) is 17.6. The number of hydrogen-bond donors (Lipinski definition) is 18. The summed E-state index contributed by atoms with van der Waals surface area (Å²) >= 11 is 0.